The number of aryl methyl sites for hydroxylation is 2. The number of carbonyl (C=O) groups excluding carboxylic acids is 2. The monoisotopic (exact) mass is 498 g/mol. The van der Waals surface area contributed by atoms with E-state index in [9.17, 15) is 18.0 Å². The minimum atomic E-state index is -4.06. The number of nitrogens with zero attached hydrogens (tertiary/aromatic N) is 1. The van der Waals surface area contributed by atoms with Crippen LogP contribution < -0.4 is 9.62 Å². The lowest BCUT2D eigenvalue weighted by Gasteiger charge is -2.26. The van der Waals surface area contributed by atoms with E-state index in [1.165, 1.54) is 0 Å². The van der Waals surface area contributed by atoms with Gasteiger partial charge < -0.3 is 5.32 Å². The standard InChI is InChI=1S/C26H27ClN2O4S/c1-4-22-14-23(12-11-18(22)2)34(32,33)29(25-10-6-9-24(27)19(25)3)16-26(31)28-15-20-7-5-8-21(13-20)17-30/h5-14,17H,4,15-16H2,1-3H3,(H,28,31). The van der Waals surface area contributed by atoms with Gasteiger partial charge in [-0.25, -0.2) is 8.42 Å². The summed E-state index contributed by atoms with van der Waals surface area (Å²) >= 11 is 6.28. The molecule has 0 radical (unpaired) electrons. The molecule has 0 fully saturated rings. The van der Waals surface area contributed by atoms with Crippen LogP contribution >= 0.6 is 11.6 Å². The van der Waals surface area contributed by atoms with Gasteiger partial charge in [0.25, 0.3) is 10.0 Å². The third kappa shape index (κ3) is 5.66. The third-order valence-corrected chi connectivity index (χ3v) is 7.83. The SMILES string of the molecule is CCc1cc(S(=O)(=O)N(CC(=O)NCc2cccc(C=O)c2)c2cccc(Cl)c2C)ccc1C. The second-order valence-corrected chi connectivity index (χ2v) is 10.2. The van der Waals surface area contributed by atoms with Gasteiger partial charge in [-0.15, -0.1) is 0 Å². The van der Waals surface area contributed by atoms with Crippen molar-refractivity contribution < 1.29 is 18.0 Å². The number of hydrogen-bond acceptors (Lipinski definition) is 4. The highest BCUT2D eigenvalue weighted by atomic mass is 35.5. The molecule has 6 nitrogen and oxygen atoms in total. The van der Waals surface area contributed by atoms with Gasteiger partial charge in [0.15, 0.2) is 0 Å². The Morgan fingerprint density at radius 3 is 2.50 bits per heavy atom. The average molecular weight is 499 g/mol. The molecule has 3 aromatic rings. The van der Waals surface area contributed by atoms with Gasteiger partial charge >= 0.3 is 0 Å². The number of amides is 1. The number of benzene rings is 3. The molecule has 0 aliphatic rings. The summed E-state index contributed by atoms with van der Waals surface area (Å²) in [6.07, 6.45) is 1.42. The highest BCUT2D eigenvalue weighted by Crippen LogP contribution is 2.31. The molecule has 1 amide bonds. The van der Waals surface area contributed by atoms with Gasteiger partial charge in [-0.05, 0) is 72.9 Å². The molecule has 0 aliphatic carbocycles. The van der Waals surface area contributed by atoms with E-state index in [2.05, 4.69) is 5.32 Å². The first-order chi connectivity index (χ1) is 16.2. The van der Waals surface area contributed by atoms with Crippen molar-refractivity contribution in [3.8, 4) is 0 Å². The molecule has 0 spiro atoms. The summed E-state index contributed by atoms with van der Waals surface area (Å²) in [5.74, 6) is -0.484. The van der Waals surface area contributed by atoms with Gasteiger partial charge in [0.1, 0.15) is 12.8 Å². The van der Waals surface area contributed by atoms with Crippen molar-refractivity contribution in [3.05, 3.63) is 93.5 Å². The summed E-state index contributed by atoms with van der Waals surface area (Å²) in [5, 5.41) is 3.15. The van der Waals surface area contributed by atoms with Crippen molar-refractivity contribution in [1.82, 2.24) is 5.32 Å². The number of hydrogen-bond donors (Lipinski definition) is 1. The first-order valence-corrected chi connectivity index (χ1v) is 12.7. The Balaban J connectivity index is 1.95. The van der Waals surface area contributed by atoms with Crippen LogP contribution in [0.3, 0.4) is 0 Å². The number of carbonyl (C=O) groups is 2. The van der Waals surface area contributed by atoms with Crippen LogP contribution in [0.15, 0.2) is 65.6 Å². The molecule has 0 bridgehead atoms. The Hall–Kier alpha value is -3.16. The highest BCUT2D eigenvalue weighted by molar-refractivity contribution is 7.92. The number of rotatable bonds is 9. The molecule has 0 atom stereocenters. The Morgan fingerprint density at radius 1 is 1.06 bits per heavy atom. The fraction of sp³-hybridized carbons (Fsp3) is 0.231. The number of aldehydes is 1. The zero-order chi connectivity index (χ0) is 24.9. The van der Waals surface area contributed by atoms with Crippen LogP contribution in [-0.4, -0.2) is 27.2 Å². The van der Waals surface area contributed by atoms with E-state index < -0.39 is 22.5 Å². The molecular weight excluding hydrogens is 472 g/mol. The minimum absolute atomic E-state index is 0.112. The molecule has 0 saturated heterocycles. The number of nitrogens with one attached hydrogen (secondary N) is 1. The highest BCUT2D eigenvalue weighted by Gasteiger charge is 2.29. The summed E-state index contributed by atoms with van der Waals surface area (Å²) in [6, 6.07) is 16.8. The smallest absolute Gasteiger partial charge is 0.264 e. The van der Waals surface area contributed by atoms with Crippen LogP contribution in [0.25, 0.3) is 0 Å². The van der Waals surface area contributed by atoms with Crippen molar-refractivity contribution in [2.24, 2.45) is 0 Å². The molecule has 0 aromatic heterocycles. The van der Waals surface area contributed by atoms with Crippen molar-refractivity contribution in [2.75, 3.05) is 10.8 Å². The molecule has 0 unspecified atom stereocenters. The fourth-order valence-electron chi connectivity index (χ4n) is 3.65. The second kappa shape index (κ2) is 10.8. The molecule has 0 heterocycles. The predicted molar refractivity (Wildman–Crippen MR) is 135 cm³/mol. The average Bonchev–Trinajstić information content (AvgIpc) is 2.83. The maximum atomic E-state index is 13.7. The van der Waals surface area contributed by atoms with Crippen molar-refractivity contribution >= 4 is 39.5 Å². The lowest BCUT2D eigenvalue weighted by molar-refractivity contribution is -0.119. The Labute approximate surface area is 205 Å². The third-order valence-electron chi connectivity index (χ3n) is 5.66. The van der Waals surface area contributed by atoms with Gasteiger partial charge in [-0.1, -0.05) is 48.9 Å². The van der Waals surface area contributed by atoms with Crippen molar-refractivity contribution in [1.29, 1.82) is 0 Å². The van der Waals surface area contributed by atoms with Crippen LogP contribution in [0.2, 0.25) is 5.02 Å². The molecular formula is C26H27ClN2O4S. The van der Waals surface area contributed by atoms with Crippen LogP contribution in [0.4, 0.5) is 5.69 Å². The maximum Gasteiger partial charge on any atom is 0.264 e. The van der Waals surface area contributed by atoms with E-state index in [1.807, 2.05) is 13.8 Å². The number of sulfonamides is 1. The zero-order valence-electron chi connectivity index (χ0n) is 19.3. The van der Waals surface area contributed by atoms with Crippen LogP contribution in [0.1, 0.15) is 39.5 Å². The summed E-state index contributed by atoms with van der Waals surface area (Å²) in [7, 11) is -4.06. The predicted octanol–water partition coefficient (Wildman–Crippen LogP) is 4.84. The number of anilines is 1. The zero-order valence-corrected chi connectivity index (χ0v) is 20.9. The molecule has 0 aliphatic heterocycles. The van der Waals surface area contributed by atoms with E-state index in [-0.39, 0.29) is 11.4 Å². The largest absolute Gasteiger partial charge is 0.350 e. The Kier molecular flexibility index (Phi) is 8.12. The minimum Gasteiger partial charge on any atom is -0.350 e. The molecule has 3 rings (SSSR count). The quantitative estimate of drug-likeness (QED) is 0.428. The van der Waals surface area contributed by atoms with Crippen LogP contribution in [-0.2, 0) is 27.8 Å². The summed E-state index contributed by atoms with van der Waals surface area (Å²) in [6.45, 7) is 5.35. The van der Waals surface area contributed by atoms with Crippen LogP contribution in [0, 0.1) is 13.8 Å². The summed E-state index contributed by atoms with van der Waals surface area (Å²) in [4.78, 5) is 24.0. The molecule has 0 saturated carbocycles. The van der Waals surface area contributed by atoms with Crippen molar-refractivity contribution in [3.63, 3.8) is 0 Å². The first kappa shape index (κ1) is 25.5. The second-order valence-electron chi connectivity index (χ2n) is 7.98. The summed E-state index contributed by atoms with van der Waals surface area (Å²) in [5.41, 5.74) is 4.05. The lowest BCUT2D eigenvalue weighted by atomic mass is 10.1. The van der Waals surface area contributed by atoms with Gasteiger partial charge in [0.2, 0.25) is 5.91 Å². The molecule has 3 aromatic carbocycles. The van der Waals surface area contributed by atoms with E-state index in [4.69, 9.17) is 11.6 Å². The molecule has 8 heteroatoms. The van der Waals surface area contributed by atoms with E-state index in [0.29, 0.717) is 28.3 Å². The lowest BCUT2D eigenvalue weighted by Crippen LogP contribution is -2.41. The van der Waals surface area contributed by atoms with Gasteiger partial charge in [0.05, 0.1) is 10.6 Å². The first-order valence-electron chi connectivity index (χ1n) is 10.9. The van der Waals surface area contributed by atoms with E-state index >= 15 is 0 Å². The molecule has 1 N–H and O–H groups in total. The van der Waals surface area contributed by atoms with Gasteiger partial charge in [0, 0.05) is 17.1 Å². The normalized spacial score (nSPS) is 11.2. The maximum absolute atomic E-state index is 13.7. The molecule has 34 heavy (non-hydrogen) atoms. The van der Waals surface area contributed by atoms with E-state index in [0.717, 1.165) is 27.3 Å². The topological polar surface area (TPSA) is 83.6 Å². The Bertz CT molecular complexity index is 1320. The molecule has 178 valence electrons. The van der Waals surface area contributed by atoms with Gasteiger partial charge in [-0.2, -0.15) is 0 Å². The van der Waals surface area contributed by atoms with Crippen LogP contribution in [0.5, 0.6) is 0 Å². The fourth-order valence-corrected chi connectivity index (χ4v) is 5.34. The van der Waals surface area contributed by atoms with Gasteiger partial charge in [-0.3, -0.25) is 13.9 Å². The van der Waals surface area contributed by atoms with Crippen molar-refractivity contribution in [2.45, 2.75) is 38.6 Å². The van der Waals surface area contributed by atoms with E-state index in [1.54, 1.807) is 67.6 Å². The number of halogens is 1. The summed E-state index contributed by atoms with van der Waals surface area (Å²) < 4.78 is 28.6. The Morgan fingerprint density at radius 2 is 1.79 bits per heavy atom.